The Labute approximate surface area is 128 Å². The van der Waals surface area contributed by atoms with E-state index in [1.54, 1.807) is 0 Å². The second-order valence-corrected chi connectivity index (χ2v) is 8.08. The van der Waals surface area contributed by atoms with Crippen LogP contribution in [0.25, 0.3) is 0 Å². The third kappa shape index (κ3) is 2.81. The highest BCUT2D eigenvalue weighted by Gasteiger charge is 2.41. The molecule has 2 fully saturated rings. The Hall–Kier alpha value is 0.200. The van der Waals surface area contributed by atoms with Gasteiger partial charge in [0, 0.05) is 18.2 Å². The first-order valence-electron chi connectivity index (χ1n) is 6.94. The van der Waals surface area contributed by atoms with Gasteiger partial charge in [-0.3, -0.25) is 0 Å². The Morgan fingerprint density at radius 3 is 2.74 bits per heavy atom. The van der Waals surface area contributed by atoms with E-state index in [1.165, 1.54) is 37.0 Å². The van der Waals surface area contributed by atoms with Crippen molar-refractivity contribution in [3.8, 4) is 0 Å². The first-order valence-corrected chi connectivity index (χ1v) is 8.51. The van der Waals surface area contributed by atoms with E-state index >= 15 is 0 Å². The van der Waals surface area contributed by atoms with Crippen LogP contribution < -0.4 is 5.73 Å². The van der Waals surface area contributed by atoms with E-state index in [1.807, 2.05) is 6.07 Å². The van der Waals surface area contributed by atoms with Crippen LogP contribution in [-0.4, -0.2) is 12.2 Å². The molecule has 2 N–H and O–H groups in total. The van der Waals surface area contributed by atoms with Crippen LogP contribution in [0.2, 0.25) is 8.67 Å². The van der Waals surface area contributed by atoms with Gasteiger partial charge in [-0.05, 0) is 37.7 Å². The molecule has 0 radical (unpaired) electrons. The zero-order chi connectivity index (χ0) is 13.5. The van der Waals surface area contributed by atoms with Crippen LogP contribution in [0.15, 0.2) is 6.07 Å². The quantitative estimate of drug-likeness (QED) is 0.850. The topological polar surface area (TPSA) is 35.2 Å². The van der Waals surface area contributed by atoms with Gasteiger partial charge in [-0.25, -0.2) is 0 Å². The lowest BCUT2D eigenvalue weighted by molar-refractivity contribution is -0.0963. The maximum absolute atomic E-state index is 6.44. The van der Waals surface area contributed by atoms with Gasteiger partial charge in [-0.15, -0.1) is 11.3 Å². The van der Waals surface area contributed by atoms with Crippen LogP contribution in [0, 0.1) is 5.92 Å². The molecule has 0 bridgehead atoms. The smallest absolute Gasteiger partial charge is 0.0991 e. The van der Waals surface area contributed by atoms with Gasteiger partial charge < -0.3 is 10.5 Å². The first kappa shape index (κ1) is 14.2. The molecule has 1 aliphatic carbocycles. The molecule has 19 heavy (non-hydrogen) atoms. The normalized spacial score (nSPS) is 27.8. The number of hydrogen-bond donors (Lipinski definition) is 1. The zero-order valence-electron chi connectivity index (χ0n) is 10.8. The molecular weight excluding hydrogens is 301 g/mol. The third-order valence-electron chi connectivity index (χ3n) is 4.60. The van der Waals surface area contributed by atoms with Crippen LogP contribution in [0.1, 0.15) is 50.1 Å². The van der Waals surface area contributed by atoms with Crippen molar-refractivity contribution in [3.05, 3.63) is 20.3 Å². The van der Waals surface area contributed by atoms with E-state index in [-0.39, 0.29) is 11.6 Å². The van der Waals surface area contributed by atoms with E-state index in [4.69, 9.17) is 33.7 Å². The second kappa shape index (κ2) is 5.53. The molecule has 106 valence electrons. The number of ether oxygens (including phenoxy) is 1. The van der Waals surface area contributed by atoms with Crippen molar-refractivity contribution in [2.45, 2.75) is 50.2 Å². The Bertz CT molecular complexity index is 456. The third-order valence-corrected chi connectivity index (χ3v) is 6.11. The monoisotopic (exact) mass is 319 g/mol. The zero-order valence-corrected chi connectivity index (χ0v) is 13.2. The molecule has 1 aromatic heterocycles. The standard InChI is InChI=1S/C14H19Cl2NOS/c15-11-7-10(13(16)19-11)12(17)9-3-6-18-14(8-9)4-1-2-5-14/h7,9,12H,1-6,8,17H2. The molecule has 1 saturated carbocycles. The van der Waals surface area contributed by atoms with Crippen LogP contribution in [0.4, 0.5) is 0 Å². The maximum atomic E-state index is 6.44. The van der Waals surface area contributed by atoms with E-state index in [2.05, 4.69) is 0 Å². The average Bonchev–Trinajstić information content (AvgIpc) is 2.96. The molecule has 2 heterocycles. The second-order valence-electron chi connectivity index (χ2n) is 5.80. The molecule has 2 nitrogen and oxygen atoms in total. The van der Waals surface area contributed by atoms with E-state index in [0.717, 1.165) is 33.7 Å². The summed E-state index contributed by atoms with van der Waals surface area (Å²) in [5, 5.41) is 0. The van der Waals surface area contributed by atoms with Crippen molar-refractivity contribution >= 4 is 34.5 Å². The molecule has 2 atom stereocenters. The van der Waals surface area contributed by atoms with Crippen LogP contribution in [-0.2, 0) is 4.74 Å². The summed E-state index contributed by atoms with van der Waals surface area (Å²) in [5.41, 5.74) is 7.56. The predicted octanol–water partition coefficient (Wildman–Crippen LogP) is 4.79. The predicted molar refractivity (Wildman–Crippen MR) is 81.1 cm³/mol. The lowest BCUT2D eigenvalue weighted by Gasteiger charge is -2.40. The molecule has 1 saturated heterocycles. The van der Waals surface area contributed by atoms with Gasteiger partial charge >= 0.3 is 0 Å². The SMILES string of the molecule is NC(c1cc(Cl)sc1Cl)C1CCOC2(CCCC2)C1. The van der Waals surface area contributed by atoms with Gasteiger partial charge in [0.1, 0.15) is 0 Å². The van der Waals surface area contributed by atoms with Crippen molar-refractivity contribution in [1.82, 2.24) is 0 Å². The van der Waals surface area contributed by atoms with Gasteiger partial charge in [0.05, 0.1) is 14.3 Å². The van der Waals surface area contributed by atoms with Crippen LogP contribution in [0.3, 0.4) is 0 Å². The molecule has 1 spiro atoms. The number of rotatable bonds is 2. The minimum Gasteiger partial charge on any atom is -0.375 e. The number of thiophene rings is 1. The average molecular weight is 320 g/mol. The molecule has 2 unspecified atom stereocenters. The summed E-state index contributed by atoms with van der Waals surface area (Å²) in [5.74, 6) is 0.454. The fraction of sp³-hybridized carbons (Fsp3) is 0.714. The van der Waals surface area contributed by atoms with Gasteiger partial charge in [0.2, 0.25) is 0 Å². The minimum absolute atomic E-state index is 0.0161. The van der Waals surface area contributed by atoms with Crippen molar-refractivity contribution in [3.63, 3.8) is 0 Å². The maximum Gasteiger partial charge on any atom is 0.0991 e. The van der Waals surface area contributed by atoms with Gasteiger partial charge in [0.15, 0.2) is 0 Å². The molecule has 1 aliphatic heterocycles. The van der Waals surface area contributed by atoms with Crippen molar-refractivity contribution in [2.75, 3.05) is 6.61 Å². The van der Waals surface area contributed by atoms with E-state index in [0.29, 0.717) is 5.92 Å². The summed E-state index contributed by atoms with van der Waals surface area (Å²) in [6, 6.07) is 1.91. The highest BCUT2D eigenvalue weighted by Crippen LogP contribution is 2.46. The molecular formula is C14H19Cl2NOS. The summed E-state index contributed by atoms with van der Waals surface area (Å²) in [6.45, 7) is 0.827. The van der Waals surface area contributed by atoms with Crippen molar-refractivity contribution in [2.24, 2.45) is 11.7 Å². The van der Waals surface area contributed by atoms with E-state index in [9.17, 15) is 0 Å². The van der Waals surface area contributed by atoms with Crippen LogP contribution >= 0.6 is 34.5 Å². The molecule has 0 amide bonds. The highest BCUT2D eigenvalue weighted by molar-refractivity contribution is 7.20. The van der Waals surface area contributed by atoms with Crippen molar-refractivity contribution in [1.29, 1.82) is 0 Å². The number of hydrogen-bond acceptors (Lipinski definition) is 3. The van der Waals surface area contributed by atoms with Crippen molar-refractivity contribution < 1.29 is 4.74 Å². The van der Waals surface area contributed by atoms with Gasteiger partial charge in [0.25, 0.3) is 0 Å². The largest absolute Gasteiger partial charge is 0.375 e. The summed E-state index contributed by atoms with van der Waals surface area (Å²) < 4.78 is 7.53. The van der Waals surface area contributed by atoms with Crippen LogP contribution in [0.5, 0.6) is 0 Å². The molecule has 1 aromatic rings. The fourth-order valence-electron chi connectivity index (χ4n) is 3.57. The number of nitrogens with two attached hydrogens (primary N) is 1. The van der Waals surface area contributed by atoms with Gasteiger partial charge in [-0.2, -0.15) is 0 Å². The lowest BCUT2D eigenvalue weighted by atomic mass is 9.79. The Morgan fingerprint density at radius 2 is 2.11 bits per heavy atom. The summed E-state index contributed by atoms with van der Waals surface area (Å²) in [4.78, 5) is 0. The minimum atomic E-state index is -0.0161. The fourth-order valence-corrected chi connectivity index (χ4v) is 5.14. The summed E-state index contributed by atoms with van der Waals surface area (Å²) >= 11 is 13.7. The number of halogens is 2. The lowest BCUT2D eigenvalue weighted by Crippen LogP contribution is -2.40. The Kier molecular flexibility index (Phi) is 4.12. The Balaban J connectivity index is 1.76. The molecule has 0 aromatic carbocycles. The summed E-state index contributed by atoms with van der Waals surface area (Å²) in [6.07, 6.45) is 7.04. The van der Waals surface area contributed by atoms with Gasteiger partial charge in [-0.1, -0.05) is 36.0 Å². The molecule has 5 heteroatoms. The van der Waals surface area contributed by atoms with E-state index < -0.39 is 0 Å². The summed E-state index contributed by atoms with van der Waals surface area (Å²) in [7, 11) is 0. The molecule has 2 aliphatic rings. The molecule has 3 rings (SSSR count). The highest BCUT2D eigenvalue weighted by atomic mass is 35.5. The first-order chi connectivity index (χ1) is 9.10. The Morgan fingerprint density at radius 1 is 1.37 bits per heavy atom.